The lowest BCUT2D eigenvalue weighted by molar-refractivity contribution is -0.147. The van der Waals surface area contributed by atoms with E-state index in [1.807, 2.05) is 18.2 Å². The molecule has 0 saturated carbocycles. The number of carbonyl (C=O) groups is 2. The van der Waals surface area contributed by atoms with Crippen LogP contribution in [0.25, 0.3) is 0 Å². The summed E-state index contributed by atoms with van der Waals surface area (Å²) in [5, 5.41) is 11.8. The predicted octanol–water partition coefficient (Wildman–Crippen LogP) is 1.87. The number of nitrogens with one attached hydrogen (secondary N) is 1. The van der Waals surface area contributed by atoms with E-state index in [9.17, 15) is 23.1 Å². The van der Waals surface area contributed by atoms with Crippen LogP contribution in [-0.2, 0) is 26.0 Å². The van der Waals surface area contributed by atoms with Gasteiger partial charge in [-0.15, -0.1) is 0 Å². The third-order valence-electron chi connectivity index (χ3n) is 3.70. The molecule has 0 aliphatic rings. The minimum atomic E-state index is -3.63. The topological polar surface area (TPSA) is 101 Å². The molecular weight excluding hydrogens is 342 g/mol. The Labute approximate surface area is 146 Å². The fourth-order valence-electron chi connectivity index (χ4n) is 2.29. The Hall–Kier alpha value is -2.67. The molecule has 132 valence electrons. The number of aliphatic carboxylic acids is 1. The molecule has 0 aromatic heterocycles. The molecule has 0 fully saturated rings. The van der Waals surface area contributed by atoms with E-state index in [0.29, 0.717) is 0 Å². The number of carboxylic acids is 1. The van der Waals surface area contributed by atoms with Gasteiger partial charge in [0, 0.05) is 6.54 Å². The summed E-state index contributed by atoms with van der Waals surface area (Å²) in [6, 6.07) is 16.8. The van der Waals surface area contributed by atoms with Crippen LogP contribution < -0.4 is 5.32 Å². The molecule has 0 bridgehead atoms. The zero-order valence-electron chi connectivity index (χ0n) is 13.5. The monoisotopic (exact) mass is 361 g/mol. The molecule has 2 aromatic rings. The first-order valence-electron chi connectivity index (χ1n) is 7.72. The van der Waals surface area contributed by atoms with Crippen LogP contribution >= 0.6 is 0 Å². The summed E-state index contributed by atoms with van der Waals surface area (Å²) in [6.45, 7) is 0.189. The van der Waals surface area contributed by atoms with Gasteiger partial charge in [0.1, 0.15) is 5.92 Å². The predicted molar refractivity (Wildman–Crippen MR) is 92.5 cm³/mol. The second-order valence-electron chi connectivity index (χ2n) is 5.51. The number of sulfone groups is 1. The lowest BCUT2D eigenvalue weighted by Crippen LogP contribution is -2.36. The molecule has 2 aromatic carbocycles. The van der Waals surface area contributed by atoms with Crippen LogP contribution in [-0.4, -0.2) is 31.2 Å². The van der Waals surface area contributed by atoms with Crippen LogP contribution in [0.1, 0.15) is 12.0 Å². The van der Waals surface area contributed by atoms with Crippen LogP contribution in [0.3, 0.4) is 0 Å². The molecular formula is C18H19NO5S. The maximum Gasteiger partial charge on any atom is 0.316 e. The highest BCUT2D eigenvalue weighted by Gasteiger charge is 2.28. The second kappa shape index (κ2) is 8.43. The van der Waals surface area contributed by atoms with Gasteiger partial charge >= 0.3 is 5.97 Å². The van der Waals surface area contributed by atoms with Crippen molar-refractivity contribution < 1.29 is 23.1 Å². The van der Waals surface area contributed by atoms with Gasteiger partial charge in [0.2, 0.25) is 5.91 Å². The molecule has 0 spiro atoms. The first kappa shape index (κ1) is 18.7. The highest BCUT2D eigenvalue weighted by Crippen LogP contribution is 2.15. The molecule has 1 amide bonds. The van der Waals surface area contributed by atoms with Crippen molar-refractivity contribution in [1.29, 1.82) is 0 Å². The Balaban J connectivity index is 1.98. The summed E-state index contributed by atoms with van der Waals surface area (Å²) >= 11 is 0. The van der Waals surface area contributed by atoms with Gasteiger partial charge in [-0.25, -0.2) is 8.42 Å². The lowest BCUT2D eigenvalue weighted by atomic mass is 10.1. The van der Waals surface area contributed by atoms with Crippen LogP contribution in [0.4, 0.5) is 0 Å². The number of hydrogen-bond acceptors (Lipinski definition) is 4. The molecule has 2 rings (SSSR count). The lowest BCUT2D eigenvalue weighted by Gasteiger charge is -2.13. The smallest absolute Gasteiger partial charge is 0.316 e. The quantitative estimate of drug-likeness (QED) is 0.699. The molecule has 0 radical (unpaired) electrons. The molecule has 7 heteroatoms. The SMILES string of the molecule is O=C(O)C(CCS(=O)(=O)c1ccccc1)C(=O)NCc1ccccc1. The molecule has 6 nitrogen and oxygen atoms in total. The highest BCUT2D eigenvalue weighted by atomic mass is 32.2. The third kappa shape index (κ3) is 5.42. The van der Waals surface area contributed by atoms with Crippen molar-refractivity contribution in [3.63, 3.8) is 0 Å². The van der Waals surface area contributed by atoms with Crippen molar-refractivity contribution in [2.45, 2.75) is 17.9 Å². The van der Waals surface area contributed by atoms with Crippen molar-refractivity contribution in [3.05, 3.63) is 66.2 Å². The summed E-state index contributed by atoms with van der Waals surface area (Å²) < 4.78 is 24.5. The maximum absolute atomic E-state index is 12.2. The average molecular weight is 361 g/mol. The zero-order valence-corrected chi connectivity index (χ0v) is 14.3. The fourth-order valence-corrected chi connectivity index (χ4v) is 3.65. The van der Waals surface area contributed by atoms with Gasteiger partial charge in [-0.05, 0) is 24.1 Å². The van der Waals surface area contributed by atoms with E-state index in [0.717, 1.165) is 5.56 Å². The van der Waals surface area contributed by atoms with E-state index in [4.69, 9.17) is 0 Å². The normalized spacial score (nSPS) is 12.3. The van der Waals surface area contributed by atoms with Gasteiger partial charge in [-0.3, -0.25) is 9.59 Å². The Morgan fingerprint density at radius 1 is 0.960 bits per heavy atom. The van der Waals surface area contributed by atoms with Crippen molar-refractivity contribution in [2.75, 3.05) is 5.75 Å². The number of hydrogen-bond donors (Lipinski definition) is 2. The Morgan fingerprint density at radius 3 is 2.08 bits per heavy atom. The largest absolute Gasteiger partial charge is 0.481 e. The van der Waals surface area contributed by atoms with Crippen LogP contribution in [0.5, 0.6) is 0 Å². The van der Waals surface area contributed by atoms with Crippen LogP contribution in [0.15, 0.2) is 65.6 Å². The van der Waals surface area contributed by atoms with Gasteiger partial charge < -0.3 is 10.4 Å². The van der Waals surface area contributed by atoms with Crippen molar-refractivity contribution >= 4 is 21.7 Å². The number of carboxylic acid groups (broad SMARTS) is 1. The molecule has 0 saturated heterocycles. The molecule has 1 unspecified atom stereocenters. The van der Waals surface area contributed by atoms with E-state index in [1.165, 1.54) is 12.1 Å². The highest BCUT2D eigenvalue weighted by molar-refractivity contribution is 7.91. The summed E-state index contributed by atoms with van der Waals surface area (Å²) in [4.78, 5) is 23.6. The van der Waals surface area contributed by atoms with E-state index < -0.39 is 33.4 Å². The van der Waals surface area contributed by atoms with E-state index in [2.05, 4.69) is 5.32 Å². The average Bonchev–Trinajstić information content (AvgIpc) is 2.61. The Kier molecular flexibility index (Phi) is 6.30. The number of benzene rings is 2. The van der Waals surface area contributed by atoms with Crippen LogP contribution in [0.2, 0.25) is 0 Å². The summed E-state index contributed by atoms with van der Waals surface area (Å²) in [5.41, 5.74) is 0.830. The minimum Gasteiger partial charge on any atom is -0.481 e. The first-order valence-corrected chi connectivity index (χ1v) is 9.37. The Morgan fingerprint density at radius 2 is 1.52 bits per heavy atom. The molecule has 0 aliphatic heterocycles. The Bertz CT molecular complexity index is 819. The van der Waals surface area contributed by atoms with E-state index in [1.54, 1.807) is 30.3 Å². The van der Waals surface area contributed by atoms with E-state index in [-0.39, 0.29) is 17.9 Å². The van der Waals surface area contributed by atoms with Gasteiger partial charge in [-0.2, -0.15) is 0 Å². The fraction of sp³-hybridized carbons (Fsp3) is 0.222. The van der Waals surface area contributed by atoms with Gasteiger partial charge in [0.15, 0.2) is 9.84 Å². The van der Waals surface area contributed by atoms with Gasteiger partial charge in [0.05, 0.1) is 10.6 Å². The van der Waals surface area contributed by atoms with Gasteiger partial charge in [0.25, 0.3) is 0 Å². The summed E-state index contributed by atoms with van der Waals surface area (Å²) in [7, 11) is -3.63. The van der Waals surface area contributed by atoms with Crippen molar-refractivity contribution in [1.82, 2.24) is 5.32 Å². The molecule has 0 heterocycles. The second-order valence-corrected chi connectivity index (χ2v) is 7.62. The molecule has 2 N–H and O–H groups in total. The zero-order chi connectivity index (χ0) is 18.3. The minimum absolute atomic E-state index is 0.115. The third-order valence-corrected chi connectivity index (χ3v) is 5.47. The standard InChI is InChI=1S/C18H19NO5S/c20-17(19-13-14-7-3-1-4-8-14)16(18(21)22)11-12-25(23,24)15-9-5-2-6-10-15/h1-10,16H,11-13H2,(H,19,20)(H,21,22). The van der Waals surface area contributed by atoms with Crippen molar-refractivity contribution in [2.24, 2.45) is 5.92 Å². The van der Waals surface area contributed by atoms with Crippen molar-refractivity contribution in [3.8, 4) is 0 Å². The number of amides is 1. The van der Waals surface area contributed by atoms with Gasteiger partial charge in [-0.1, -0.05) is 48.5 Å². The van der Waals surface area contributed by atoms with Crippen LogP contribution in [0, 0.1) is 5.92 Å². The van der Waals surface area contributed by atoms with E-state index >= 15 is 0 Å². The maximum atomic E-state index is 12.2. The molecule has 25 heavy (non-hydrogen) atoms. The molecule has 0 aliphatic carbocycles. The number of carbonyl (C=O) groups excluding carboxylic acids is 1. The summed E-state index contributed by atoms with van der Waals surface area (Å²) in [5.74, 6) is -3.86. The number of rotatable bonds is 8. The summed E-state index contributed by atoms with van der Waals surface area (Å²) in [6.07, 6.45) is -0.285. The molecule has 1 atom stereocenters. The first-order chi connectivity index (χ1) is 11.9.